The molecule has 0 unspecified atom stereocenters. The minimum absolute atomic E-state index is 0.0450. The molecule has 32 heavy (non-hydrogen) atoms. The van der Waals surface area contributed by atoms with Crippen LogP contribution < -0.4 is 5.32 Å². The molecule has 0 fully saturated rings. The fraction of sp³-hybridized carbons (Fsp3) is 0.333. The zero-order valence-electron chi connectivity index (χ0n) is 19.5. The van der Waals surface area contributed by atoms with Crippen molar-refractivity contribution in [2.45, 2.75) is 59.0 Å². The summed E-state index contributed by atoms with van der Waals surface area (Å²) in [5.41, 5.74) is 3.36. The molecule has 0 spiro atoms. The molecule has 0 aliphatic rings. The van der Waals surface area contributed by atoms with Crippen LogP contribution in [0.1, 0.15) is 79.1 Å². The number of rotatable bonds is 5. The fourth-order valence-corrected chi connectivity index (χ4v) is 3.93. The summed E-state index contributed by atoms with van der Waals surface area (Å²) in [5.74, 6) is 5.37. The van der Waals surface area contributed by atoms with E-state index in [4.69, 9.17) is 0 Å². The number of carbonyl (C=O) groups excluding carboxylic acids is 1. The quantitative estimate of drug-likeness (QED) is 0.444. The molecular formula is C27H30N2O3. The number of aryl methyl sites for hydroxylation is 1. The Bertz CT molecular complexity index is 1230. The molecule has 0 bridgehead atoms. The van der Waals surface area contributed by atoms with Crippen molar-refractivity contribution >= 4 is 17.3 Å². The van der Waals surface area contributed by atoms with Crippen molar-refractivity contribution in [2.24, 2.45) is 0 Å². The van der Waals surface area contributed by atoms with Crippen LogP contribution in [0.25, 0.3) is 5.52 Å². The van der Waals surface area contributed by atoms with Crippen LogP contribution in [0, 0.1) is 11.8 Å². The minimum atomic E-state index is -0.989. The number of benzene rings is 1. The molecule has 0 atom stereocenters. The number of aromatic nitrogens is 1. The Hall–Kier alpha value is -3.36. The molecule has 2 N–H and O–H groups in total. The second kappa shape index (κ2) is 8.64. The zero-order valence-corrected chi connectivity index (χ0v) is 19.5. The van der Waals surface area contributed by atoms with Crippen LogP contribution in [0.3, 0.4) is 0 Å². The first kappa shape index (κ1) is 23.3. The van der Waals surface area contributed by atoms with Gasteiger partial charge in [0.05, 0.1) is 16.8 Å². The van der Waals surface area contributed by atoms with Crippen LogP contribution in [-0.4, -0.2) is 32.3 Å². The van der Waals surface area contributed by atoms with E-state index in [9.17, 15) is 14.7 Å². The van der Waals surface area contributed by atoms with Crippen molar-refractivity contribution < 1.29 is 14.7 Å². The Morgan fingerprint density at radius 2 is 1.66 bits per heavy atom. The van der Waals surface area contributed by atoms with E-state index in [1.807, 2.05) is 39.0 Å². The number of hydrogen-bond donors (Lipinski definition) is 2. The summed E-state index contributed by atoms with van der Waals surface area (Å²) < 4.78 is 1.77. The molecule has 0 amide bonds. The molecule has 0 aliphatic heterocycles. The third-order valence-corrected chi connectivity index (χ3v) is 5.05. The minimum Gasteiger partial charge on any atom is -0.478 e. The van der Waals surface area contributed by atoms with E-state index < -0.39 is 5.97 Å². The van der Waals surface area contributed by atoms with E-state index in [1.54, 1.807) is 28.8 Å². The first-order valence-corrected chi connectivity index (χ1v) is 10.7. The first-order chi connectivity index (χ1) is 14.9. The smallest absolute Gasteiger partial charge is 0.335 e. The Morgan fingerprint density at radius 3 is 2.22 bits per heavy atom. The molecule has 166 valence electrons. The van der Waals surface area contributed by atoms with Crippen LogP contribution >= 0.6 is 0 Å². The lowest BCUT2D eigenvalue weighted by Crippen LogP contribution is -2.49. The molecule has 0 radical (unpaired) electrons. The molecule has 2 aromatic heterocycles. The molecule has 0 saturated carbocycles. The monoisotopic (exact) mass is 430 g/mol. The topological polar surface area (TPSA) is 70.8 Å². The predicted molar refractivity (Wildman–Crippen MR) is 127 cm³/mol. The second-order valence-electron chi connectivity index (χ2n) is 9.54. The lowest BCUT2D eigenvalue weighted by molar-refractivity contribution is 0.0696. The van der Waals surface area contributed by atoms with E-state index >= 15 is 0 Å². The number of fused-ring (bicyclic) bond motifs is 1. The molecule has 0 aliphatic carbocycles. The standard InChI is InChI=1S/C27H30N2O3/c1-7-19-16-22-17-21(25(31)32)13-15-29(22)23(19)24(30)20-10-8-18(9-11-20)12-14-27(5,6)28-26(2,3)4/h8-11,13,15-17,28H,7H2,1-6H3,(H,31,32). The summed E-state index contributed by atoms with van der Waals surface area (Å²) in [6.45, 7) is 12.4. The number of hydrogen-bond acceptors (Lipinski definition) is 3. The third kappa shape index (κ3) is 5.27. The Kier molecular flexibility index (Phi) is 6.29. The van der Waals surface area contributed by atoms with Crippen LogP contribution in [-0.2, 0) is 6.42 Å². The van der Waals surface area contributed by atoms with Gasteiger partial charge in [-0.3, -0.25) is 10.1 Å². The number of carboxylic acid groups (broad SMARTS) is 1. The molecule has 0 saturated heterocycles. The van der Waals surface area contributed by atoms with Crippen molar-refractivity contribution in [3.05, 3.63) is 76.6 Å². The summed E-state index contributed by atoms with van der Waals surface area (Å²) in [6.07, 6.45) is 2.32. The van der Waals surface area contributed by atoms with Crippen molar-refractivity contribution in [1.82, 2.24) is 9.72 Å². The maximum absolute atomic E-state index is 13.3. The highest BCUT2D eigenvalue weighted by molar-refractivity contribution is 6.09. The molecule has 5 heteroatoms. The molecule has 5 nitrogen and oxygen atoms in total. The zero-order chi connectivity index (χ0) is 23.7. The normalized spacial score (nSPS) is 11.8. The lowest BCUT2D eigenvalue weighted by atomic mass is 9.98. The highest BCUT2D eigenvalue weighted by Gasteiger charge is 2.22. The predicted octanol–water partition coefficient (Wildman–Crippen LogP) is 4.95. The van der Waals surface area contributed by atoms with Gasteiger partial charge in [-0.25, -0.2) is 4.79 Å². The highest BCUT2D eigenvalue weighted by atomic mass is 16.4. The van der Waals surface area contributed by atoms with Crippen molar-refractivity contribution in [3.8, 4) is 11.8 Å². The largest absolute Gasteiger partial charge is 0.478 e. The molecule has 3 aromatic rings. The van der Waals surface area contributed by atoms with Gasteiger partial charge in [0, 0.05) is 28.4 Å². The van der Waals surface area contributed by atoms with E-state index in [2.05, 4.69) is 37.9 Å². The molecular weight excluding hydrogens is 400 g/mol. The average Bonchev–Trinajstić information content (AvgIpc) is 3.08. The second-order valence-corrected chi connectivity index (χ2v) is 9.54. The molecule has 3 rings (SSSR count). The maximum Gasteiger partial charge on any atom is 0.335 e. The average molecular weight is 431 g/mol. The molecule has 2 heterocycles. The summed E-state index contributed by atoms with van der Waals surface area (Å²) in [5, 5.41) is 12.7. The Labute approximate surface area is 189 Å². The summed E-state index contributed by atoms with van der Waals surface area (Å²) >= 11 is 0. The van der Waals surface area contributed by atoms with Gasteiger partial charge in [0.1, 0.15) is 0 Å². The van der Waals surface area contributed by atoms with Crippen molar-refractivity contribution in [2.75, 3.05) is 0 Å². The van der Waals surface area contributed by atoms with Gasteiger partial charge >= 0.3 is 5.97 Å². The van der Waals surface area contributed by atoms with Crippen molar-refractivity contribution in [3.63, 3.8) is 0 Å². The highest BCUT2D eigenvalue weighted by Crippen LogP contribution is 2.22. The lowest BCUT2D eigenvalue weighted by Gasteiger charge is -2.30. The van der Waals surface area contributed by atoms with Gasteiger partial charge in [0.15, 0.2) is 0 Å². The summed E-state index contributed by atoms with van der Waals surface area (Å²) in [6, 6.07) is 12.3. The van der Waals surface area contributed by atoms with E-state index in [1.165, 1.54) is 6.07 Å². The number of aromatic carboxylic acids is 1. The van der Waals surface area contributed by atoms with Gasteiger partial charge in [0.25, 0.3) is 0 Å². The van der Waals surface area contributed by atoms with Gasteiger partial charge in [-0.15, -0.1) is 0 Å². The van der Waals surface area contributed by atoms with E-state index in [0.717, 1.165) is 11.1 Å². The summed E-state index contributed by atoms with van der Waals surface area (Å²) in [7, 11) is 0. The number of nitrogens with zero attached hydrogens (tertiary/aromatic N) is 1. The van der Waals surface area contributed by atoms with E-state index in [0.29, 0.717) is 23.2 Å². The Morgan fingerprint density at radius 1 is 1.00 bits per heavy atom. The summed E-state index contributed by atoms with van der Waals surface area (Å²) in [4.78, 5) is 24.6. The van der Waals surface area contributed by atoms with Crippen LogP contribution in [0.4, 0.5) is 0 Å². The third-order valence-electron chi connectivity index (χ3n) is 5.05. The maximum atomic E-state index is 13.3. The van der Waals surface area contributed by atoms with Gasteiger partial charge in [-0.1, -0.05) is 18.8 Å². The fourth-order valence-electron chi connectivity index (χ4n) is 3.93. The number of nitrogens with one attached hydrogen (secondary N) is 1. The van der Waals surface area contributed by atoms with Crippen LogP contribution in [0.5, 0.6) is 0 Å². The first-order valence-electron chi connectivity index (χ1n) is 10.7. The van der Waals surface area contributed by atoms with E-state index in [-0.39, 0.29) is 22.4 Å². The van der Waals surface area contributed by atoms with Gasteiger partial charge in [-0.05, 0) is 89.1 Å². The number of pyridine rings is 1. The number of carboxylic acids is 1. The number of carbonyl (C=O) groups is 2. The molecule has 1 aromatic carbocycles. The van der Waals surface area contributed by atoms with Crippen LogP contribution in [0.2, 0.25) is 0 Å². The van der Waals surface area contributed by atoms with Gasteiger partial charge in [0.2, 0.25) is 5.78 Å². The van der Waals surface area contributed by atoms with Gasteiger partial charge < -0.3 is 9.51 Å². The van der Waals surface area contributed by atoms with Crippen molar-refractivity contribution in [1.29, 1.82) is 0 Å². The number of ketones is 1. The van der Waals surface area contributed by atoms with Gasteiger partial charge in [-0.2, -0.15) is 0 Å². The SMILES string of the molecule is CCc1cc2cc(C(=O)O)ccn2c1C(=O)c1ccc(C#CC(C)(C)NC(C)(C)C)cc1. The Balaban J connectivity index is 1.91. The van der Waals surface area contributed by atoms with Crippen LogP contribution in [0.15, 0.2) is 48.7 Å².